The highest BCUT2D eigenvalue weighted by Gasteiger charge is 2.23. The lowest BCUT2D eigenvalue weighted by atomic mass is 10.1. The number of hydrogen-bond donors (Lipinski definition) is 3. The van der Waals surface area contributed by atoms with Gasteiger partial charge in [0.2, 0.25) is 0 Å². The third kappa shape index (κ3) is 3.51. The molecular weight excluding hydrogens is 228 g/mol. The zero-order valence-electron chi connectivity index (χ0n) is 10.3. The van der Waals surface area contributed by atoms with Crippen LogP contribution in [-0.2, 0) is 0 Å². The van der Waals surface area contributed by atoms with Crippen molar-refractivity contribution in [3.05, 3.63) is 29.3 Å². The van der Waals surface area contributed by atoms with Crippen LogP contribution in [0.5, 0.6) is 0 Å². The lowest BCUT2D eigenvalue weighted by molar-refractivity contribution is 0.251. The number of anilines is 1. The Hall–Kier alpha value is -1.99. The molecule has 2 amide bonds. The quantitative estimate of drug-likeness (QED) is 0.692. The molecule has 1 aromatic carbocycles. The number of amides is 2. The molecule has 0 saturated heterocycles. The fourth-order valence-corrected chi connectivity index (χ4v) is 1.60. The maximum Gasteiger partial charge on any atom is 0.319 e. The molecule has 0 aliphatic heterocycles. The summed E-state index contributed by atoms with van der Waals surface area (Å²) in [7, 11) is 0. The second-order valence-corrected chi connectivity index (χ2v) is 4.36. The third-order valence-corrected chi connectivity index (χ3v) is 2.70. The molecule has 1 aromatic rings. The number of carbonyl (C=O) groups is 1. The summed E-state index contributed by atoms with van der Waals surface area (Å²) in [6, 6.07) is 5.70. The number of rotatable bonds is 2. The maximum absolute atomic E-state index is 11.5. The monoisotopic (exact) mass is 244 g/mol. The second kappa shape index (κ2) is 5.56. The molecule has 0 heterocycles. The van der Waals surface area contributed by atoms with E-state index in [1.54, 1.807) is 6.07 Å². The summed E-state index contributed by atoms with van der Waals surface area (Å²) < 4.78 is 0. The predicted molar refractivity (Wildman–Crippen MR) is 70.3 cm³/mol. The molecule has 1 aliphatic carbocycles. The van der Waals surface area contributed by atoms with Crippen molar-refractivity contribution in [2.24, 2.45) is 0 Å². The Labute approximate surface area is 106 Å². The number of aliphatic hydroxyl groups is 1. The van der Waals surface area contributed by atoms with Gasteiger partial charge in [-0.3, -0.25) is 0 Å². The maximum atomic E-state index is 11.5. The van der Waals surface area contributed by atoms with Crippen molar-refractivity contribution in [1.29, 1.82) is 0 Å². The fraction of sp³-hybridized carbons (Fsp3) is 0.357. The lowest BCUT2D eigenvalue weighted by Crippen LogP contribution is -2.30. The number of aryl methyl sites for hydroxylation is 1. The van der Waals surface area contributed by atoms with Crippen molar-refractivity contribution < 1.29 is 9.90 Å². The Morgan fingerprint density at radius 1 is 1.50 bits per heavy atom. The number of urea groups is 1. The van der Waals surface area contributed by atoms with Crippen molar-refractivity contribution in [3.63, 3.8) is 0 Å². The predicted octanol–water partition coefficient (Wildman–Crippen LogP) is 1.62. The lowest BCUT2D eigenvalue weighted by Gasteiger charge is -2.08. The van der Waals surface area contributed by atoms with E-state index in [0.29, 0.717) is 6.04 Å². The zero-order chi connectivity index (χ0) is 13.0. The largest absolute Gasteiger partial charge is 0.384 e. The van der Waals surface area contributed by atoms with Gasteiger partial charge in [0.05, 0.1) is 0 Å². The number of nitrogens with one attached hydrogen (secondary N) is 2. The molecule has 0 atom stereocenters. The summed E-state index contributed by atoms with van der Waals surface area (Å²) in [6.45, 7) is 1.77. The van der Waals surface area contributed by atoms with Gasteiger partial charge < -0.3 is 15.7 Å². The van der Waals surface area contributed by atoms with Gasteiger partial charge in [-0.25, -0.2) is 4.79 Å². The number of aliphatic hydroxyl groups excluding tert-OH is 1. The topological polar surface area (TPSA) is 61.4 Å². The molecule has 4 nitrogen and oxygen atoms in total. The van der Waals surface area contributed by atoms with E-state index in [0.717, 1.165) is 29.7 Å². The van der Waals surface area contributed by atoms with Crippen LogP contribution in [0.1, 0.15) is 24.0 Å². The molecule has 1 aliphatic rings. The molecule has 2 rings (SSSR count). The molecule has 4 heteroatoms. The first-order chi connectivity index (χ1) is 8.69. The van der Waals surface area contributed by atoms with Crippen molar-refractivity contribution >= 4 is 11.7 Å². The standard InChI is InChI=1S/C14H16N2O2/c1-10-9-13(5-4-11(10)3-2-8-17)16-14(18)15-12-6-7-12/h4-5,9,12,17H,6-8H2,1H3,(H2,15,16,18). The van der Waals surface area contributed by atoms with Crippen LogP contribution in [0.15, 0.2) is 18.2 Å². The summed E-state index contributed by atoms with van der Waals surface area (Å²) in [5.41, 5.74) is 2.58. The van der Waals surface area contributed by atoms with Crippen LogP contribution in [0.25, 0.3) is 0 Å². The van der Waals surface area contributed by atoms with Crippen molar-refractivity contribution in [2.45, 2.75) is 25.8 Å². The first-order valence-electron chi connectivity index (χ1n) is 5.97. The van der Waals surface area contributed by atoms with Gasteiger partial charge in [-0.05, 0) is 43.5 Å². The minimum Gasteiger partial charge on any atom is -0.384 e. The molecule has 3 N–H and O–H groups in total. The Kier molecular flexibility index (Phi) is 3.85. The van der Waals surface area contributed by atoms with Gasteiger partial charge in [-0.15, -0.1) is 0 Å². The highest BCUT2D eigenvalue weighted by Crippen LogP contribution is 2.19. The molecule has 94 valence electrons. The number of carbonyl (C=O) groups excluding carboxylic acids is 1. The first kappa shape index (κ1) is 12.5. The van der Waals surface area contributed by atoms with Gasteiger partial charge >= 0.3 is 6.03 Å². The molecule has 0 radical (unpaired) electrons. The highest BCUT2D eigenvalue weighted by molar-refractivity contribution is 5.89. The minimum atomic E-state index is -0.161. The van der Waals surface area contributed by atoms with Gasteiger partial charge in [0.25, 0.3) is 0 Å². The van der Waals surface area contributed by atoms with E-state index in [-0.39, 0.29) is 12.6 Å². The van der Waals surface area contributed by atoms with Crippen LogP contribution in [0.3, 0.4) is 0 Å². The van der Waals surface area contributed by atoms with Crippen LogP contribution < -0.4 is 10.6 Å². The van der Waals surface area contributed by atoms with E-state index < -0.39 is 0 Å². The highest BCUT2D eigenvalue weighted by atomic mass is 16.2. The summed E-state index contributed by atoms with van der Waals surface area (Å²) in [4.78, 5) is 11.5. The zero-order valence-corrected chi connectivity index (χ0v) is 10.3. The van der Waals surface area contributed by atoms with E-state index in [2.05, 4.69) is 22.5 Å². The summed E-state index contributed by atoms with van der Waals surface area (Å²) >= 11 is 0. The molecule has 0 bridgehead atoms. The molecule has 0 aromatic heterocycles. The van der Waals surface area contributed by atoms with Gasteiger partial charge in [-0.2, -0.15) is 0 Å². The average molecular weight is 244 g/mol. The van der Waals surface area contributed by atoms with E-state index in [1.165, 1.54) is 0 Å². The first-order valence-corrected chi connectivity index (χ1v) is 5.97. The van der Waals surface area contributed by atoms with Crippen molar-refractivity contribution in [1.82, 2.24) is 5.32 Å². The van der Waals surface area contributed by atoms with Crippen LogP contribution in [0, 0.1) is 18.8 Å². The van der Waals surface area contributed by atoms with Gasteiger partial charge in [0.15, 0.2) is 0 Å². The van der Waals surface area contributed by atoms with Crippen molar-refractivity contribution in [2.75, 3.05) is 11.9 Å². The van der Waals surface area contributed by atoms with E-state index in [4.69, 9.17) is 5.11 Å². The minimum absolute atomic E-state index is 0.150. The third-order valence-electron chi connectivity index (χ3n) is 2.70. The number of hydrogen-bond acceptors (Lipinski definition) is 2. The van der Waals surface area contributed by atoms with Crippen LogP contribution in [-0.4, -0.2) is 23.8 Å². The Morgan fingerprint density at radius 2 is 2.28 bits per heavy atom. The normalized spacial score (nSPS) is 13.4. The Balaban J connectivity index is 2.01. The Bertz CT molecular complexity index is 510. The average Bonchev–Trinajstić information content (AvgIpc) is 3.12. The van der Waals surface area contributed by atoms with E-state index in [1.807, 2.05) is 19.1 Å². The molecule has 1 fully saturated rings. The van der Waals surface area contributed by atoms with Gasteiger partial charge in [-0.1, -0.05) is 11.8 Å². The molecule has 18 heavy (non-hydrogen) atoms. The van der Waals surface area contributed by atoms with Crippen LogP contribution >= 0.6 is 0 Å². The Morgan fingerprint density at radius 3 is 2.89 bits per heavy atom. The summed E-state index contributed by atoms with van der Waals surface area (Å²) in [5.74, 6) is 5.46. The smallest absolute Gasteiger partial charge is 0.319 e. The summed E-state index contributed by atoms with van der Waals surface area (Å²) in [5, 5.41) is 14.3. The van der Waals surface area contributed by atoms with Crippen LogP contribution in [0.2, 0.25) is 0 Å². The van der Waals surface area contributed by atoms with Gasteiger partial charge in [0, 0.05) is 17.3 Å². The SMILES string of the molecule is Cc1cc(NC(=O)NC2CC2)ccc1C#CCO. The van der Waals surface area contributed by atoms with E-state index in [9.17, 15) is 4.79 Å². The molecular formula is C14H16N2O2. The summed E-state index contributed by atoms with van der Waals surface area (Å²) in [6.07, 6.45) is 2.14. The number of benzene rings is 1. The second-order valence-electron chi connectivity index (χ2n) is 4.36. The van der Waals surface area contributed by atoms with Gasteiger partial charge in [0.1, 0.15) is 6.61 Å². The molecule has 0 unspecified atom stereocenters. The molecule has 1 saturated carbocycles. The van der Waals surface area contributed by atoms with Crippen LogP contribution in [0.4, 0.5) is 10.5 Å². The van der Waals surface area contributed by atoms with E-state index >= 15 is 0 Å². The molecule has 0 spiro atoms. The fourth-order valence-electron chi connectivity index (χ4n) is 1.60. The van der Waals surface area contributed by atoms with Crippen molar-refractivity contribution in [3.8, 4) is 11.8 Å².